The molecule has 0 amide bonds. The molecule has 1 aliphatic heterocycles. The molecule has 0 bridgehead atoms. The first-order valence-corrected chi connectivity index (χ1v) is 9.17. The first-order chi connectivity index (χ1) is 11.1. The van der Waals surface area contributed by atoms with Crippen LogP contribution in [0.2, 0.25) is 0 Å². The molecule has 122 valence electrons. The number of likely N-dealkylation sites (tertiary alicyclic amines) is 1. The van der Waals surface area contributed by atoms with Gasteiger partial charge in [0.15, 0.2) is 0 Å². The van der Waals surface area contributed by atoms with E-state index in [2.05, 4.69) is 11.0 Å². The molecule has 2 unspecified atom stereocenters. The molecule has 2 atom stereocenters. The maximum atomic E-state index is 12.3. The van der Waals surface area contributed by atoms with E-state index >= 15 is 0 Å². The predicted octanol–water partition coefficient (Wildman–Crippen LogP) is 3.04. The quantitative estimate of drug-likeness (QED) is 0.912. The average Bonchev–Trinajstić information content (AvgIpc) is 3.29. The van der Waals surface area contributed by atoms with E-state index in [9.17, 15) is 9.90 Å². The molecule has 0 aromatic heterocycles. The molecule has 1 heterocycles. The Kier molecular flexibility index (Phi) is 2.80. The predicted molar refractivity (Wildman–Crippen MR) is 88.6 cm³/mol. The highest BCUT2D eigenvalue weighted by Gasteiger charge is 2.62. The Bertz CT molecular complexity index is 680. The van der Waals surface area contributed by atoms with Crippen LogP contribution < -0.4 is 0 Å². The lowest BCUT2D eigenvalue weighted by Crippen LogP contribution is -2.59. The third-order valence-corrected chi connectivity index (χ3v) is 7.13. The van der Waals surface area contributed by atoms with Gasteiger partial charge in [0.05, 0.1) is 0 Å². The van der Waals surface area contributed by atoms with Gasteiger partial charge in [-0.25, -0.2) is 0 Å². The number of phenols is 1. The fourth-order valence-corrected chi connectivity index (χ4v) is 5.85. The third kappa shape index (κ3) is 1.95. The number of carbonyl (C=O) groups excluding carboxylic acids is 1. The molecule has 5 rings (SSSR count). The Labute approximate surface area is 137 Å². The number of piperidine rings is 1. The van der Waals surface area contributed by atoms with Crippen molar-refractivity contribution in [2.24, 2.45) is 11.3 Å². The third-order valence-electron chi connectivity index (χ3n) is 7.13. The number of ketones is 1. The van der Waals surface area contributed by atoms with Gasteiger partial charge in [-0.05, 0) is 73.2 Å². The van der Waals surface area contributed by atoms with Crippen LogP contribution in [0.4, 0.5) is 0 Å². The summed E-state index contributed by atoms with van der Waals surface area (Å²) in [6.45, 7) is 3.51. The zero-order valence-electron chi connectivity index (χ0n) is 13.7. The van der Waals surface area contributed by atoms with Crippen molar-refractivity contribution < 1.29 is 9.90 Å². The van der Waals surface area contributed by atoms with E-state index in [1.165, 1.54) is 30.5 Å². The summed E-state index contributed by atoms with van der Waals surface area (Å²) in [5, 5.41) is 10.0. The van der Waals surface area contributed by atoms with Gasteiger partial charge in [0.2, 0.25) is 0 Å². The van der Waals surface area contributed by atoms with E-state index in [4.69, 9.17) is 0 Å². The Morgan fingerprint density at radius 3 is 2.91 bits per heavy atom. The summed E-state index contributed by atoms with van der Waals surface area (Å²) in [4.78, 5) is 15.0. The van der Waals surface area contributed by atoms with Crippen molar-refractivity contribution in [3.63, 3.8) is 0 Å². The van der Waals surface area contributed by atoms with Crippen molar-refractivity contribution in [3.05, 3.63) is 29.3 Å². The maximum Gasteiger partial charge on any atom is 0.133 e. The van der Waals surface area contributed by atoms with Crippen molar-refractivity contribution in [1.29, 1.82) is 0 Å². The van der Waals surface area contributed by atoms with Crippen LogP contribution in [0.1, 0.15) is 49.7 Å². The maximum absolute atomic E-state index is 12.3. The van der Waals surface area contributed by atoms with E-state index < -0.39 is 0 Å². The molecule has 3 nitrogen and oxygen atoms in total. The number of nitrogens with zero attached hydrogens (tertiary/aromatic N) is 1. The number of fused-ring (bicyclic) bond motifs is 1. The molecule has 1 saturated heterocycles. The Hall–Kier alpha value is -1.35. The zero-order chi connectivity index (χ0) is 15.7. The van der Waals surface area contributed by atoms with E-state index in [0.717, 1.165) is 44.7 Å². The number of aromatic hydroxyl groups is 1. The second-order valence-electron chi connectivity index (χ2n) is 8.52. The van der Waals surface area contributed by atoms with Gasteiger partial charge in [0.25, 0.3) is 0 Å². The number of phenolic OH excluding ortho intramolecular Hbond substituents is 1. The Morgan fingerprint density at radius 1 is 1.22 bits per heavy atom. The molecule has 1 N–H and O–H groups in total. The lowest BCUT2D eigenvalue weighted by molar-refractivity contribution is -0.129. The number of benzene rings is 1. The summed E-state index contributed by atoms with van der Waals surface area (Å²) >= 11 is 0. The fourth-order valence-electron chi connectivity index (χ4n) is 5.85. The van der Waals surface area contributed by atoms with Gasteiger partial charge < -0.3 is 10.0 Å². The Balaban J connectivity index is 1.57. The topological polar surface area (TPSA) is 40.5 Å². The molecule has 1 aromatic carbocycles. The van der Waals surface area contributed by atoms with Crippen LogP contribution in [0, 0.1) is 11.3 Å². The lowest BCUT2D eigenvalue weighted by Gasteiger charge is -2.56. The summed E-state index contributed by atoms with van der Waals surface area (Å²) in [5.74, 6) is 1.71. The van der Waals surface area contributed by atoms with Gasteiger partial charge in [0, 0.05) is 31.3 Å². The highest BCUT2D eigenvalue weighted by molar-refractivity contribution is 5.82. The number of carbonyl (C=O) groups is 1. The minimum Gasteiger partial charge on any atom is -0.508 e. The van der Waals surface area contributed by atoms with E-state index in [-0.39, 0.29) is 10.8 Å². The van der Waals surface area contributed by atoms with Crippen molar-refractivity contribution in [3.8, 4) is 5.75 Å². The first-order valence-electron chi connectivity index (χ1n) is 9.17. The molecular formula is C20H25NO2. The smallest absolute Gasteiger partial charge is 0.133 e. The van der Waals surface area contributed by atoms with E-state index in [1.54, 1.807) is 0 Å². The molecule has 0 radical (unpaired) electrons. The number of Topliss-reactive ketones (excluding diaryl/α,β-unsaturated/α-hetero) is 1. The van der Waals surface area contributed by atoms with Crippen LogP contribution in [0.15, 0.2) is 18.2 Å². The summed E-state index contributed by atoms with van der Waals surface area (Å²) in [6, 6.07) is 5.89. The van der Waals surface area contributed by atoms with Crippen LogP contribution in [-0.4, -0.2) is 35.4 Å². The average molecular weight is 311 g/mol. The van der Waals surface area contributed by atoms with Gasteiger partial charge in [-0.3, -0.25) is 4.79 Å². The monoisotopic (exact) mass is 311 g/mol. The van der Waals surface area contributed by atoms with Gasteiger partial charge in [-0.1, -0.05) is 6.07 Å². The minimum absolute atomic E-state index is 0.00351. The van der Waals surface area contributed by atoms with E-state index in [0.29, 0.717) is 18.0 Å². The number of hydrogen-bond donors (Lipinski definition) is 1. The second kappa shape index (κ2) is 4.60. The summed E-state index contributed by atoms with van der Waals surface area (Å²) < 4.78 is 0. The zero-order valence-corrected chi connectivity index (χ0v) is 13.7. The van der Waals surface area contributed by atoms with Crippen molar-refractivity contribution >= 4 is 5.78 Å². The first kappa shape index (κ1) is 14.0. The molecule has 3 aliphatic carbocycles. The second-order valence-corrected chi connectivity index (χ2v) is 8.52. The lowest BCUT2D eigenvalue weighted by atomic mass is 9.53. The number of rotatable bonds is 2. The highest BCUT2D eigenvalue weighted by atomic mass is 16.3. The van der Waals surface area contributed by atoms with Crippen LogP contribution >= 0.6 is 0 Å². The van der Waals surface area contributed by atoms with Gasteiger partial charge in [-0.15, -0.1) is 0 Å². The van der Waals surface area contributed by atoms with Crippen LogP contribution in [-0.2, 0) is 16.6 Å². The standard InChI is InChI=1S/C20H25NO2/c22-16-4-3-15-10-19-6-5-17(23)11-20(19,18(15)9-16)7-8-21(13-19)12-14-1-2-14/h3-4,9,14,22H,1-2,5-8,10-13H2. The largest absolute Gasteiger partial charge is 0.508 e. The molecule has 3 heteroatoms. The van der Waals surface area contributed by atoms with Crippen LogP contribution in [0.3, 0.4) is 0 Å². The molecule has 0 spiro atoms. The van der Waals surface area contributed by atoms with Gasteiger partial charge >= 0.3 is 0 Å². The molecule has 23 heavy (non-hydrogen) atoms. The summed E-state index contributed by atoms with van der Waals surface area (Å²) in [5.41, 5.74) is 2.89. The molecule has 4 aliphatic rings. The molecular weight excluding hydrogens is 286 g/mol. The summed E-state index contributed by atoms with van der Waals surface area (Å²) in [7, 11) is 0. The van der Waals surface area contributed by atoms with Crippen molar-refractivity contribution in [1.82, 2.24) is 4.90 Å². The van der Waals surface area contributed by atoms with Crippen molar-refractivity contribution in [2.45, 2.75) is 50.4 Å². The SMILES string of the molecule is O=C1CCC23Cc4ccc(O)cc4C2(CCN(CC2CC2)C3)C1. The van der Waals surface area contributed by atoms with Gasteiger partial charge in [-0.2, -0.15) is 0 Å². The molecule has 1 aromatic rings. The fraction of sp³-hybridized carbons (Fsp3) is 0.650. The molecule has 2 saturated carbocycles. The highest BCUT2D eigenvalue weighted by Crippen LogP contribution is 2.63. The number of hydrogen-bond acceptors (Lipinski definition) is 3. The summed E-state index contributed by atoms with van der Waals surface area (Å²) in [6.07, 6.45) is 7.46. The minimum atomic E-state index is -0.00351. The molecule has 3 fully saturated rings. The van der Waals surface area contributed by atoms with Crippen LogP contribution in [0.5, 0.6) is 5.75 Å². The van der Waals surface area contributed by atoms with E-state index in [1.807, 2.05) is 12.1 Å². The van der Waals surface area contributed by atoms with Crippen LogP contribution in [0.25, 0.3) is 0 Å². The van der Waals surface area contributed by atoms with Crippen molar-refractivity contribution in [2.75, 3.05) is 19.6 Å². The van der Waals surface area contributed by atoms with Gasteiger partial charge in [0.1, 0.15) is 11.5 Å². The Morgan fingerprint density at radius 2 is 2.09 bits per heavy atom. The normalized spacial score (nSPS) is 36.4.